The highest BCUT2D eigenvalue weighted by Gasteiger charge is 2.24. The van der Waals surface area contributed by atoms with Gasteiger partial charge in [0.1, 0.15) is 0 Å². The summed E-state index contributed by atoms with van der Waals surface area (Å²) in [6.07, 6.45) is 0. The summed E-state index contributed by atoms with van der Waals surface area (Å²) in [6.45, 7) is 13.3. The Balaban J connectivity index is 1.69. The molecule has 0 atom stereocenters. The predicted molar refractivity (Wildman–Crippen MR) is 191 cm³/mol. The van der Waals surface area contributed by atoms with Crippen LogP contribution in [-0.2, 0) is 0 Å². The Labute approximate surface area is 263 Å². The molecule has 6 aromatic carbocycles. The molecule has 0 bridgehead atoms. The Morgan fingerprint density at radius 1 is 0.386 bits per heavy atom. The van der Waals surface area contributed by atoms with Gasteiger partial charge in [0.05, 0.1) is 11.4 Å². The van der Waals surface area contributed by atoms with Crippen LogP contribution in [-0.4, -0.2) is 0 Å². The summed E-state index contributed by atoms with van der Waals surface area (Å²) in [5.41, 5.74) is 12.0. The van der Waals surface area contributed by atoms with Gasteiger partial charge < -0.3 is 9.80 Å². The zero-order valence-corrected chi connectivity index (χ0v) is 26.8. The van der Waals surface area contributed by atoms with Crippen LogP contribution in [0.25, 0.3) is 10.8 Å². The summed E-state index contributed by atoms with van der Waals surface area (Å²) in [5, 5.41) is 2.42. The molecule has 0 aromatic heterocycles. The summed E-state index contributed by atoms with van der Waals surface area (Å²) >= 11 is 0. The van der Waals surface area contributed by atoms with Crippen molar-refractivity contribution >= 4 is 44.9 Å². The van der Waals surface area contributed by atoms with E-state index in [0.29, 0.717) is 11.8 Å². The molecule has 220 valence electrons. The van der Waals surface area contributed by atoms with Gasteiger partial charge in [-0.25, -0.2) is 0 Å². The summed E-state index contributed by atoms with van der Waals surface area (Å²) in [7, 11) is 0. The molecule has 0 aliphatic carbocycles. The Morgan fingerprint density at radius 2 is 0.773 bits per heavy atom. The third kappa shape index (κ3) is 5.98. The van der Waals surface area contributed by atoms with Crippen molar-refractivity contribution in [3.8, 4) is 0 Å². The van der Waals surface area contributed by atoms with Crippen LogP contribution in [0.15, 0.2) is 133 Å². The number of benzene rings is 6. The van der Waals surface area contributed by atoms with Crippen LogP contribution < -0.4 is 9.80 Å². The molecular formula is C42H42N2. The number of hydrogen-bond donors (Lipinski definition) is 0. The van der Waals surface area contributed by atoms with Gasteiger partial charge in [-0.05, 0) is 108 Å². The summed E-state index contributed by atoms with van der Waals surface area (Å²) in [5.74, 6) is 0.849. The van der Waals surface area contributed by atoms with Crippen molar-refractivity contribution in [1.29, 1.82) is 0 Å². The highest BCUT2D eigenvalue weighted by molar-refractivity contribution is 6.00. The number of aryl methyl sites for hydroxylation is 2. The molecule has 0 unspecified atom stereocenters. The molecule has 0 saturated carbocycles. The van der Waals surface area contributed by atoms with Gasteiger partial charge in [0.2, 0.25) is 0 Å². The van der Waals surface area contributed by atoms with Crippen LogP contribution in [0.5, 0.6) is 0 Å². The lowest BCUT2D eigenvalue weighted by molar-refractivity contribution is 0.866. The predicted octanol–water partition coefficient (Wildman–Crippen LogP) is 12.6. The molecule has 0 amide bonds. The molecule has 0 heterocycles. The van der Waals surface area contributed by atoms with Gasteiger partial charge in [-0.1, -0.05) is 112 Å². The lowest BCUT2D eigenvalue weighted by atomic mass is 10.00. The van der Waals surface area contributed by atoms with E-state index in [1.54, 1.807) is 0 Å². The fourth-order valence-electron chi connectivity index (χ4n) is 5.86. The number of nitrogens with zero attached hydrogens (tertiary/aromatic N) is 2. The first kappa shape index (κ1) is 29.3. The average molecular weight is 575 g/mol. The normalized spacial score (nSPS) is 11.4. The maximum absolute atomic E-state index is 2.43. The fourth-order valence-corrected chi connectivity index (χ4v) is 5.86. The Morgan fingerprint density at radius 3 is 1.14 bits per heavy atom. The first-order valence-corrected chi connectivity index (χ1v) is 15.7. The molecule has 6 rings (SSSR count). The topological polar surface area (TPSA) is 6.48 Å². The standard InChI is InChI=1S/C42H42N2/c1-29(2)33-13-9-15-39(25-33)43(37-21-17-31(5)18-22-37)41-27-35-11-7-8-12-36(35)28-42(41)44(38-23-19-32(6)20-24-38)40-16-10-14-34(26-40)30(3)4/h7-30H,1-6H3. The van der Waals surface area contributed by atoms with Crippen molar-refractivity contribution in [3.63, 3.8) is 0 Å². The fraction of sp³-hybridized carbons (Fsp3) is 0.190. The van der Waals surface area contributed by atoms with E-state index >= 15 is 0 Å². The average Bonchev–Trinajstić information content (AvgIpc) is 3.03. The smallest absolute Gasteiger partial charge is 0.0708 e. The minimum atomic E-state index is 0.425. The molecule has 0 spiro atoms. The molecular weight excluding hydrogens is 532 g/mol. The molecule has 0 saturated heterocycles. The quantitative estimate of drug-likeness (QED) is 0.178. The second kappa shape index (κ2) is 12.4. The first-order chi connectivity index (χ1) is 21.3. The molecule has 2 heteroatoms. The lowest BCUT2D eigenvalue weighted by Gasteiger charge is -2.34. The first-order valence-electron chi connectivity index (χ1n) is 15.7. The van der Waals surface area contributed by atoms with Crippen molar-refractivity contribution in [2.24, 2.45) is 0 Å². The highest BCUT2D eigenvalue weighted by Crippen LogP contribution is 2.48. The van der Waals surface area contributed by atoms with E-state index in [1.807, 2.05) is 0 Å². The molecule has 0 fully saturated rings. The van der Waals surface area contributed by atoms with Crippen molar-refractivity contribution < 1.29 is 0 Å². The largest absolute Gasteiger partial charge is 0.308 e. The van der Waals surface area contributed by atoms with Gasteiger partial charge in [0.25, 0.3) is 0 Å². The molecule has 0 N–H and O–H groups in total. The zero-order chi connectivity index (χ0) is 30.8. The summed E-state index contributed by atoms with van der Waals surface area (Å²) in [6, 6.07) is 49.2. The van der Waals surface area contributed by atoms with Gasteiger partial charge >= 0.3 is 0 Å². The van der Waals surface area contributed by atoms with E-state index in [-0.39, 0.29) is 0 Å². The van der Waals surface area contributed by atoms with Crippen molar-refractivity contribution in [1.82, 2.24) is 0 Å². The van der Waals surface area contributed by atoms with Gasteiger partial charge in [0, 0.05) is 22.7 Å². The zero-order valence-electron chi connectivity index (χ0n) is 26.8. The van der Waals surface area contributed by atoms with E-state index in [9.17, 15) is 0 Å². The van der Waals surface area contributed by atoms with E-state index in [1.165, 1.54) is 33.0 Å². The van der Waals surface area contributed by atoms with Gasteiger partial charge in [-0.2, -0.15) is 0 Å². The molecule has 6 aromatic rings. The molecule has 0 radical (unpaired) electrons. The van der Waals surface area contributed by atoms with E-state index in [4.69, 9.17) is 0 Å². The number of fused-ring (bicyclic) bond motifs is 1. The molecule has 0 aliphatic rings. The highest BCUT2D eigenvalue weighted by atomic mass is 15.2. The third-order valence-electron chi connectivity index (χ3n) is 8.50. The van der Waals surface area contributed by atoms with Crippen LogP contribution in [0.1, 0.15) is 61.8 Å². The van der Waals surface area contributed by atoms with Crippen LogP contribution in [0.2, 0.25) is 0 Å². The Kier molecular flexibility index (Phi) is 8.26. The van der Waals surface area contributed by atoms with Gasteiger partial charge in [0.15, 0.2) is 0 Å². The SMILES string of the molecule is Cc1ccc(N(c2cccc(C(C)C)c2)c2cc3ccccc3cc2N(c2ccc(C)cc2)c2cccc(C(C)C)c2)cc1. The third-order valence-corrected chi connectivity index (χ3v) is 8.50. The van der Waals surface area contributed by atoms with E-state index in [0.717, 1.165) is 34.1 Å². The minimum absolute atomic E-state index is 0.425. The Bertz CT molecular complexity index is 1740. The van der Waals surface area contributed by atoms with Crippen LogP contribution in [0.3, 0.4) is 0 Å². The van der Waals surface area contributed by atoms with Crippen LogP contribution in [0, 0.1) is 13.8 Å². The Hall–Kier alpha value is -4.82. The van der Waals surface area contributed by atoms with Crippen molar-refractivity contribution in [3.05, 3.63) is 156 Å². The van der Waals surface area contributed by atoms with Gasteiger partial charge in [-0.3, -0.25) is 0 Å². The van der Waals surface area contributed by atoms with Crippen molar-refractivity contribution in [2.75, 3.05) is 9.80 Å². The number of rotatable bonds is 8. The summed E-state index contributed by atoms with van der Waals surface area (Å²) in [4.78, 5) is 4.86. The minimum Gasteiger partial charge on any atom is -0.308 e. The van der Waals surface area contributed by atoms with E-state index < -0.39 is 0 Å². The second-order valence-corrected chi connectivity index (χ2v) is 12.5. The van der Waals surface area contributed by atoms with Gasteiger partial charge in [-0.15, -0.1) is 0 Å². The molecule has 44 heavy (non-hydrogen) atoms. The van der Waals surface area contributed by atoms with Crippen molar-refractivity contribution in [2.45, 2.75) is 53.4 Å². The molecule has 2 nitrogen and oxygen atoms in total. The van der Waals surface area contributed by atoms with E-state index in [2.05, 4.69) is 185 Å². The number of hydrogen-bond acceptors (Lipinski definition) is 2. The second-order valence-electron chi connectivity index (χ2n) is 12.5. The maximum atomic E-state index is 2.43. The summed E-state index contributed by atoms with van der Waals surface area (Å²) < 4.78 is 0. The van der Waals surface area contributed by atoms with Crippen LogP contribution >= 0.6 is 0 Å². The van der Waals surface area contributed by atoms with Crippen LogP contribution in [0.4, 0.5) is 34.1 Å². The lowest BCUT2D eigenvalue weighted by Crippen LogP contribution is -2.17. The monoisotopic (exact) mass is 574 g/mol. The molecule has 0 aliphatic heterocycles. The maximum Gasteiger partial charge on any atom is 0.0708 e. The number of anilines is 6.